The van der Waals surface area contributed by atoms with Crippen molar-refractivity contribution < 1.29 is 14.3 Å². The molecule has 0 heterocycles. The lowest BCUT2D eigenvalue weighted by Gasteiger charge is -2.29. The number of carbonyl (C=O) groups is 2. The highest BCUT2D eigenvalue weighted by atomic mass is 35.5. The van der Waals surface area contributed by atoms with Crippen molar-refractivity contribution in [2.75, 3.05) is 6.61 Å². The number of carbonyl (C=O) groups excluding carboxylic acids is 2. The van der Waals surface area contributed by atoms with Gasteiger partial charge in [-0.2, -0.15) is 0 Å². The zero-order valence-corrected chi connectivity index (χ0v) is 20.8. The molecule has 1 N–H and O–H groups in total. The number of hydrogen-bond acceptors (Lipinski definition) is 3. The van der Waals surface area contributed by atoms with Gasteiger partial charge in [-0.15, -0.1) is 0 Å². The summed E-state index contributed by atoms with van der Waals surface area (Å²) < 4.78 is 5.79. The molecule has 178 valence electrons. The summed E-state index contributed by atoms with van der Waals surface area (Å²) >= 11 is 6.01. The second kappa shape index (κ2) is 11.1. The normalized spacial score (nSPS) is 15.2. The number of halogens is 1. The van der Waals surface area contributed by atoms with E-state index in [2.05, 4.69) is 26.1 Å². The predicted octanol–water partition coefficient (Wildman–Crippen LogP) is 5.49. The van der Waals surface area contributed by atoms with Crippen LogP contribution in [-0.4, -0.2) is 35.4 Å². The molecule has 2 aromatic rings. The standard InChI is InChI=1S/C27H35ClN2O3/c1-19(26(32)29-23-7-5-6-8-23)30(17-20-9-13-22(28)14-10-20)25(31)18-33-24-15-11-21(12-16-24)27(2,3)4/h9-16,19,23H,5-8,17-18H2,1-4H3,(H,29,32)/t19-/m1/s1. The molecule has 5 nitrogen and oxygen atoms in total. The average Bonchev–Trinajstić information content (AvgIpc) is 3.29. The zero-order chi connectivity index (χ0) is 24.0. The van der Waals surface area contributed by atoms with Crippen molar-refractivity contribution in [2.45, 2.75) is 77.4 Å². The van der Waals surface area contributed by atoms with E-state index in [1.165, 1.54) is 5.56 Å². The molecule has 1 aliphatic rings. The molecule has 0 unspecified atom stereocenters. The second-order valence-electron chi connectivity index (χ2n) is 9.88. The predicted molar refractivity (Wildman–Crippen MR) is 132 cm³/mol. The van der Waals surface area contributed by atoms with Crippen LogP contribution < -0.4 is 10.1 Å². The summed E-state index contributed by atoms with van der Waals surface area (Å²) in [5.74, 6) is 0.267. The van der Waals surface area contributed by atoms with E-state index in [0.29, 0.717) is 17.3 Å². The largest absolute Gasteiger partial charge is 0.484 e. The number of ether oxygens (including phenoxy) is 1. The molecule has 1 aliphatic carbocycles. The molecule has 2 aromatic carbocycles. The summed E-state index contributed by atoms with van der Waals surface area (Å²) in [4.78, 5) is 27.7. The fourth-order valence-corrected chi connectivity index (χ4v) is 4.17. The van der Waals surface area contributed by atoms with Crippen molar-refractivity contribution in [3.8, 4) is 5.75 Å². The maximum Gasteiger partial charge on any atom is 0.261 e. The van der Waals surface area contributed by atoms with E-state index in [-0.39, 0.29) is 29.9 Å². The van der Waals surface area contributed by atoms with Gasteiger partial charge in [-0.25, -0.2) is 0 Å². The van der Waals surface area contributed by atoms with Crippen LogP contribution in [0.25, 0.3) is 0 Å². The third kappa shape index (κ3) is 7.23. The Bertz CT molecular complexity index is 929. The minimum absolute atomic E-state index is 0.0475. The summed E-state index contributed by atoms with van der Waals surface area (Å²) in [5, 5.41) is 3.74. The van der Waals surface area contributed by atoms with Gasteiger partial charge in [0.2, 0.25) is 5.91 Å². The third-order valence-corrected chi connectivity index (χ3v) is 6.47. The Hall–Kier alpha value is -2.53. The highest BCUT2D eigenvalue weighted by Gasteiger charge is 2.28. The summed E-state index contributed by atoms with van der Waals surface area (Å²) in [5.41, 5.74) is 2.15. The maximum atomic E-state index is 13.2. The van der Waals surface area contributed by atoms with Gasteiger partial charge in [-0.3, -0.25) is 9.59 Å². The van der Waals surface area contributed by atoms with Gasteiger partial charge in [0.05, 0.1) is 0 Å². The van der Waals surface area contributed by atoms with Gasteiger partial charge in [0, 0.05) is 17.6 Å². The smallest absolute Gasteiger partial charge is 0.261 e. The van der Waals surface area contributed by atoms with E-state index in [1.54, 1.807) is 24.0 Å². The minimum atomic E-state index is -0.611. The van der Waals surface area contributed by atoms with Crippen molar-refractivity contribution in [2.24, 2.45) is 0 Å². The molecule has 0 aliphatic heterocycles. The Labute approximate surface area is 202 Å². The molecule has 0 bridgehead atoms. The Kier molecular flexibility index (Phi) is 8.41. The fraction of sp³-hybridized carbons (Fsp3) is 0.481. The van der Waals surface area contributed by atoms with E-state index < -0.39 is 6.04 Å². The lowest BCUT2D eigenvalue weighted by Crippen LogP contribution is -2.50. The van der Waals surface area contributed by atoms with Crippen LogP contribution in [0.2, 0.25) is 5.02 Å². The number of benzene rings is 2. The maximum absolute atomic E-state index is 13.2. The number of amides is 2. The monoisotopic (exact) mass is 470 g/mol. The SMILES string of the molecule is C[C@H](C(=O)NC1CCCC1)N(Cc1ccc(Cl)cc1)C(=O)COc1ccc(C(C)(C)C)cc1. The molecule has 0 saturated heterocycles. The first-order valence-electron chi connectivity index (χ1n) is 11.7. The average molecular weight is 471 g/mol. The highest BCUT2D eigenvalue weighted by molar-refractivity contribution is 6.30. The summed E-state index contributed by atoms with van der Waals surface area (Å²) in [6.07, 6.45) is 4.26. The quantitative estimate of drug-likeness (QED) is 0.554. The molecule has 0 aromatic heterocycles. The molecule has 1 saturated carbocycles. The van der Waals surface area contributed by atoms with Crippen LogP contribution in [0.1, 0.15) is 64.5 Å². The van der Waals surface area contributed by atoms with Crippen LogP contribution >= 0.6 is 11.6 Å². The Morgan fingerprint density at radius 1 is 1.06 bits per heavy atom. The minimum Gasteiger partial charge on any atom is -0.484 e. The Morgan fingerprint density at radius 3 is 2.24 bits per heavy atom. The molecular weight excluding hydrogens is 436 g/mol. The van der Waals surface area contributed by atoms with E-state index >= 15 is 0 Å². The van der Waals surface area contributed by atoms with Gasteiger partial charge < -0.3 is 15.0 Å². The van der Waals surface area contributed by atoms with Crippen LogP contribution in [0.3, 0.4) is 0 Å². The lowest BCUT2D eigenvalue weighted by molar-refractivity contribution is -0.142. The topological polar surface area (TPSA) is 58.6 Å². The molecule has 33 heavy (non-hydrogen) atoms. The van der Waals surface area contributed by atoms with Crippen LogP contribution in [0.15, 0.2) is 48.5 Å². The van der Waals surface area contributed by atoms with Crippen molar-refractivity contribution >= 4 is 23.4 Å². The number of nitrogens with one attached hydrogen (secondary N) is 1. The van der Waals surface area contributed by atoms with Crippen molar-refractivity contribution in [1.82, 2.24) is 10.2 Å². The van der Waals surface area contributed by atoms with Crippen LogP contribution in [0, 0.1) is 0 Å². The number of rotatable bonds is 8. The Balaban J connectivity index is 1.69. The zero-order valence-electron chi connectivity index (χ0n) is 20.1. The molecule has 1 atom stereocenters. The first-order valence-corrected chi connectivity index (χ1v) is 12.1. The van der Waals surface area contributed by atoms with E-state index in [0.717, 1.165) is 31.2 Å². The van der Waals surface area contributed by atoms with Crippen molar-refractivity contribution in [1.29, 1.82) is 0 Å². The van der Waals surface area contributed by atoms with Gasteiger partial charge in [0.25, 0.3) is 5.91 Å². The molecular formula is C27H35ClN2O3. The molecule has 0 radical (unpaired) electrons. The van der Waals surface area contributed by atoms with Gasteiger partial charge in [0.15, 0.2) is 6.61 Å². The first-order chi connectivity index (χ1) is 15.6. The van der Waals surface area contributed by atoms with Gasteiger partial charge in [-0.1, -0.05) is 69.5 Å². The van der Waals surface area contributed by atoms with Crippen LogP contribution in [0.5, 0.6) is 5.75 Å². The summed E-state index contributed by atoms with van der Waals surface area (Å²) in [6, 6.07) is 14.7. The number of nitrogens with zero attached hydrogens (tertiary/aromatic N) is 1. The summed E-state index contributed by atoms with van der Waals surface area (Å²) in [7, 11) is 0. The highest BCUT2D eigenvalue weighted by Crippen LogP contribution is 2.24. The molecule has 3 rings (SSSR count). The fourth-order valence-electron chi connectivity index (χ4n) is 4.04. The van der Waals surface area contributed by atoms with E-state index in [9.17, 15) is 9.59 Å². The van der Waals surface area contributed by atoms with Crippen molar-refractivity contribution in [3.05, 3.63) is 64.7 Å². The molecule has 1 fully saturated rings. The van der Waals surface area contributed by atoms with Gasteiger partial charge in [-0.05, 0) is 60.6 Å². The van der Waals surface area contributed by atoms with Crippen LogP contribution in [0.4, 0.5) is 0 Å². The summed E-state index contributed by atoms with van der Waals surface area (Å²) in [6.45, 7) is 8.40. The molecule has 6 heteroatoms. The van der Waals surface area contributed by atoms with E-state index in [1.807, 2.05) is 36.4 Å². The van der Waals surface area contributed by atoms with Gasteiger partial charge >= 0.3 is 0 Å². The van der Waals surface area contributed by atoms with E-state index in [4.69, 9.17) is 16.3 Å². The second-order valence-corrected chi connectivity index (χ2v) is 10.3. The molecule has 2 amide bonds. The number of hydrogen-bond donors (Lipinski definition) is 1. The third-order valence-electron chi connectivity index (χ3n) is 6.22. The molecule has 0 spiro atoms. The lowest BCUT2D eigenvalue weighted by atomic mass is 9.87. The first kappa shape index (κ1) is 25.1. The Morgan fingerprint density at radius 2 is 1.67 bits per heavy atom. The van der Waals surface area contributed by atoms with Crippen LogP contribution in [-0.2, 0) is 21.5 Å². The van der Waals surface area contributed by atoms with Crippen molar-refractivity contribution in [3.63, 3.8) is 0 Å². The van der Waals surface area contributed by atoms with Gasteiger partial charge in [0.1, 0.15) is 11.8 Å².